The summed E-state index contributed by atoms with van der Waals surface area (Å²) in [4.78, 5) is 15.3. The van der Waals surface area contributed by atoms with Gasteiger partial charge in [-0.1, -0.05) is 30.3 Å². The molecular weight excluding hydrogens is 198 g/mol. The number of carbonyl (C=O) groups is 1. The van der Waals surface area contributed by atoms with Crippen LogP contribution in [0, 0.1) is 0 Å². The van der Waals surface area contributed by atoms with E-state index in [4.69, 9.17) is 0 Å². The molecule has 0 aliphatic rings. The molecule has 2 nitrogen and oxygen atoms in total. The van der Waals surface area contributed by atoms with Crippen LogP contribution in [0.3, 0.4) is 0 Å². The molecule has 0 unspecified atom stereocenters. The van der Waals surface area contributed by atoms with Gasteiger partial charge in [0, 0.05) is 24.4 Å². The van der Waals surface area contributed by atoms with E-state index in [-0.39, 0.29) is 5.78 Å². The summed E-state index contributed by atoms with van der Waals surface area (Å²) in [5.74, 6) is 0.170. The summed E-state index contributed by atoms with van der Waals surface area (Å²) < 4.78 is 0. The number of pyridine rings is 1. The highest BCUT2D eigenvalue weighted by Gasteiger charge is 2.06. The molecule has 2 rings (SSSR count). The highest BCUT2D eigenvalue weighted by Crippen LogP contribution is 2.22. The Kier molecular flexibility index (Phi) is 3.10. The fourth-order valence-corrected chi connectivity index (χ4v) is 1.72. The first kappa shape index (κ1) is 10.6. The molecule has 0 N–H and O–H groups in total. The Labute approximate surface area is 95.0 Å². The van der Waals surface area contributed by atoms with Crippen molar-refractivity contribution in [3.8, 4) is 11.1 Å². The van der Waals surface area contributed by atoms with Crippen molar-refractivity contribution in [1.29, 1.82) is 0 Å². The van der Waals surface area contributed by atoms with E-state index in [1.807, 2.05) is 42.6 Å². The molecule has 0 amide bonds. The summed E-state index contributed by atoms with van der Waals surface area (Å²) in [5.41, 5.74) is 3.18. The van der Waals surface area contributed by atoms with Crippen LogP contribution in [-0.2, 0) is 11.2 Å². The van der Waals surface area contributed by atoms with Gasteiger partial charge < -0.3 is 0 Å². The van der Waals surface area contributed by atoms with E-state index >= 15 is 0 Å². The second-order valence-corrected chi connectivity index (χ2v) is 3.78. The normalized spacial score (nSPS) is 10.1. The standard InChI is InChI=1S/C14H13NO/c1-11(16)9-13-7-8-15-10-14(13)12-5-3-2-4-6-12/h2-8,10H,9H2,1H3. The second-order valence-electron chi connectivity index (χ2n) is 3.78. The summed E-state index contributed by atoms with van der Waals surface area (Å²) in [5, 5.41) is 0. The van der Waals surface area contributed by atoms with Gasteiger partial charge in [0.2, 0.25) is 0 Å². The van der Waals surface area contributed by atoms with Gasteiger partial charge in [-0.15, -0.1) is 0 Å². The minimum absolute atomic E-state index is 0.170. The number of hydrogen-bond acceptors (Lipinski definition) is 2. The number of nitrogens with zero attached hydrogens (tertiary/aromatic N) is 1. The van der Waals surface area contributed by atoms with E-state index < -0.39 is 0 Å². The van der Waals surface area contributed by atoms with Crippen LogP contribution in [0.25, 0.3) is 11.1 Å². The van der Waals surface area contributed by atoms with Gasteiger partial charge in [0.1, 0.15) is 5.78 Å². The zero-order valence-corrected chi connectivity index (χ0v) is 9.18. The van der Waals surface area contributed by atoms with Crippen LogP contribution in [0.4, 0.5) is 0 Å². The van der Waals surface area contributed by atoms with Crippen molar-refractivity contribution in [2.75, 3.05) is 0 Å². The van der Waals surface area contributed by atoms with Crippen molar-refractivity contribution >= 4 is 5.78 Å². The maximum absolute atomic E-state index is 11.2. The second kappa shape index (κ2) is 4.71. The lowest BCUT2D eigenvalue weighted by Crippen LogP contribution is -1.99. The molecular formula is C14H13NO. The lowest BCUT2D eigenvalue weighted by molar-refractivity contribution is -0.116. The number of hydrogen-bond donors (Lipinski definition) is 0. The summed E-state index contributed by atoms with van der Waals surface area (Å²) in [6.07, 6.45) is 4.01. The number of ketones is 1. The molecule has 1 heterocycles. The molecule has 0 aliphatic heterocycles. The molecule has 0 fully saturated rings. The minimum atomic E-state index is 0.170. The first-order valence-electron chi connectivity index (χ1n) is 5.25. The lowest BCUT2D eigenvalue weighted by Gasteiger charge is -2.07. The van der Waals surface area contributed by atoms with Crippen LogP contribution in [-0.4, -0.2) is 10.8 Å². The first-order chi connectivity index (χ1) is 7.77. The SMILES string of the molecule is CC(=O)Cc1ccncc1-c1ccccc1. The summed E-state index contributed by atoms with van der Waals surface area (Å²) in [6.45, 7) is 1.61. The van der Waals surface area contributed by atoms with Crippen LogP contribution in [0.2, 0.25) is 0 Å². The Bertz CT molecular complexity index is 491. The van der Waals surface area contributed by atoms with Crippen molar-refractivity contribution in [3.63, 3.8) is 0 Å². The molecule has 1 aromatic heterocycles. The van der Waals surface area contributed by atoms with Crippen molar-refractivity contribution in [3.05, 3.63) is 54.4 Å². The Morgan fingerprint density at radius 1 is 1.19 bits per heavy atom. The van der Waals surface area contributed by atoms with Gasteiger partial charge in [0.25, 0.3) is 0 Å². The van der Waals surface area contributed by atoms with Crippen LogP contribution in [0.5, 0.6) is 0 Å². The number of benzene rings is 1. The monoisotopic (exact) mass is 211 g/mol. The minimum Gasteiger partial charge on any atom is -0.300 e. The zero-order chi connectivity index (χ0) is 11.4. The van der Waals surface area contributed by atoms with Crippen molar-refractivity contribution < 1.29 is 4.79 Å². The lowest BCUT2D eigenvalue weighted by atomic mass is 9.99. The van der Waals surface area contributed by atoms with Crippen LogP contribution in [0.1, 0.15) is 12.5 Å². The summed E-state index contributed by atoms with van der Waals surface area (Å²) >= 11 is 0. The average Bonchev–Trinajstić information content (AvgIpc) is 2.30. The van der Waals surface area contributed by atoms with Gasteiger partial charge in [-0.2, -0.15) is 0 Å². The topological polar surface area (TPSA) is 30.0 Å². The molecule has 0 bridgehead atoms. The first-order valence-corrected chi connectivity index (χ1v) is 5.25. The zero-order valence-electron chi connectivity index (χ0n) is 9.18. The van der Waals surface area contributed by atoms with Gasteiger partial charge in [-0.25, -0.2) is 0 Å². The van der Waals surface area contributed by atoms with Crippen molar-refractivity contribution in [2.24, 2.45) is 0 Å². The molecule has 0 aliphatic carbocycles. The smallest absolute Gasteiger partial charge is 0.134 e. The largest absolute Gasteiger partial charge is 0.300 e. The van der Waals surface area contributed by atoms with Crippen LogP contribution < -0.4 is 0 Å². The maximum atomic E-state index is 11.2. The van der Waals surface area contributed by atoms with Gasteiger partial charge >= 0.3 is 0 Å². The predicted octanol–water partition coefficient (Wildman–Crippen LogP) is 2.88. The Hall–Kier alpha value is -1.96. The van der Waals surface area contributed by atoms with Crippen molar-refractivity contribution in [1.82, 2.24) is 4.98 Å². The Morgan fingerprint density at radius 3 is 2.62 bits per heavy atom. The van der Waals surface area contributed by atoms with Crippen LogP contribution >= 0.6 is 0 Å². The van der Waals surface area contributed by atoms with E-state index in [0.29, 0.717) is 6.42 Å². The Morgan fingerprint density at radius 2 is 1.94 bits per heavy atom. The fraction of sp³-hybridized carbons (Fsp3) is 0.143. The van der Waals surface area contributed by atoms with E-state index in [0.717, 1.165) is 16.7 Å². The maximum Gasteiger partial charge on any atom is 0.134 e. The molecule has 0 atom stereocenters. The van der Waals surface area contributed by atoms with E-state index in [2.05, 4.69) is 4.98 Å². The third kappa shape index (κ3) is 2.34. The van der Waals surface area contributed by atoms with E-state index in [1.54, 1.807) is 13.1 Å². The van der Waals surface area contributed by atoms with Gasteiger partial charge in [-0.05, 0) is 24.1 Å². The van der Waals surface area contributed by atoms with Gasteiger partial charge in [0.15, 0.2) is 0 Å². The van der Waals surface area contributed by atoms with E-state index in [9.17, 15) is 4.79 Å². The molecule has 0 saturated heterocycles. The average molecular weight is 211 g/mol. The van der Waals surface area contributed by atoms with E-state index in [1.165, 1.54) is 0 Å². The molecule has 0 saturated carbocycles. The molecule has 16 heavy (non-hydrogen) atoms. The van der Waals surface area contributed by atoms with Gasteiger partial charge in [0.05, 0.1) is 0 Å². The highest BCUT2D eigenvalue weighted by atomic mass is 16.1. The van der Waals surface area contributed by atoms with Gasteiger partial charge in [-0.3, -0.25) is 9.78 Å². The Balaban J connectivity index is 2.44. The molecule has 1 aromatic carbocycles. The molecule has 80 valence electrons. The third-order valence-electron chi connectivity index (χ3n) is 2.44. The quantitative estimate of drug-likeness (QED) is 0.781. The number of aromatic nitrogens is 1. The third-order valence-corrected chi connectivity index (χ3v) is 2.44. The number of carbonyl (C=O) groups excluding carboxylic acids is 1. The van der Waals surface area contributed by atoms with Crippen LogP contribution in [0.15, 0.2) is 48.8 Å². The predicted molar refractivity (Wildman–Crippen MR) is 64.1 cm³/mol. The van der Waals surface area contributed by atoms with Crippen molar-refractivity contribution in [2.45, 2.75) is 13.3 Å². The number of Topliss-reactive ketones (excluding diaryl/α,β-unsaturated/α-hetero) is 1. The highest BCUT2D eigenvalue weighted by molar-refractivity contribution is 5.81. The molecule has 0 spiro atoms. The summed E-state index contributed by atoms with van der Waals surface area (Å²) in [7, 11) is 0. The number of rotatable bonds is 3. The molecule has 2 heteroatoms. The molecule has 2 aromatic rings. The molecule has 0 radical (unpaired) electrons. The fourth-order valence-electron chi connectivity index (χ4n) is 1.72. The summed E-state index contributed by atoms with van der Waals surface area (Å²) in [6, 6.07) is 11.9.